The van der Waals surface area contributed by atoms with Gasteiger partial charge in [0.2, 0.25) is 0 Å². The largest absolute Gasteiger partial charge is 0.367 e. The van der Waals surface area contributed by atoms with Crippen LogP contribution in [0.3, 0.4) is 0 Å². The molecule has 0 radical (unpaired) electrons. The minimum atomic E-state index is -1.47. The number of amides is 1. The highest BCUT2D eigenvalue weighted by atomic mass is 19.1. The van der Waals surface area contributed by atoms with E-state index in [2.05, 4.69) is 29.2 Å². The quantitative estimate of drug-likeness (QED) is 0.866. The van der Waals surface area contributed by atoms with Crippen LogP contribution in [0.25, 0.3) is 0 Å². The number of hydrogen-bond acceptors (Lipinski definition) is 2. The molecule has 0 saturated carbocycles. The molecule has 0 aromatic heterocycles. The lowest BCUT2D eigenvalue weighted by Crippen LogP contribution is -2.41. The van der Waals surface area contributed by atoms with Crippen molar-refractivity contribution in [2.75, 3.05) is 19.6 Å². The maximum atomic E-state index is 13.5. The van der Waals surface area contributed by atoms with E-state index >= 15 is 0 Å². The zero-order valence-electron chi connectivity index (χ0n) is 11.8. The topological polar surface area (TPSA) is 46.3 Å². The Balaban J connectivity index is 1.66. The number of carbonyl (C=O) groups is 1. The van der Waals surface area contributed by atoms with E-state index in [1.54, 1.807) is 0 Å². The molecule has 1 saturated heterocycles. The molecule has 3 nitrogen and oxygen atoms in total. The van der Waals surface area contributed by atoms with Crippen molar-refractivity contribution in [3.05, 3.63) is 35.9 Å². The monoisotopic (exact) mass is 278 g/mol. The first kappa shape index (κ1) is 15.0. The van der Waals surface area contributed by atoms with E-state index in [1.165, 1.54) is 5.56 Å². The van der Waals surface area contributed by atoms with Crippen LogP contribution in [0, 0.1) is 5.92 Å². The van der Waals surface area contributed by atoms with Gasteiger partial charge in [0.05, 0.1) is 0 Å². The predicted octanol–water partition coefficient (Wildman–Crippen LogP) is 2.15. The summed E-state index contributed by atoms with van der Waals surface area (Å²) in [5, 5.41) is 0. The normalized spacial score (nSPS) is 18.9. The van der Waals surface area contributed by atoms with Crippen LogP contribution in [0.4, 0.5) is 4.39 Å². The van der Waals surface area contributed by atoms with Crippen molar-refractivity contribution in [1.29, 1.82) is 0 Å². The number of likely N-dealkylation sites (tertiary alicyclic amines) is 1. The first-order chi connectivity index (χ1) is 9.66. The summed E-state index contributed by atoms with van der Waals surface area (Å²) in [6, 6.07) is 10.4. The lowest BCUT2D eigenvalue weighted by atomic mass is 9.91. The smallest absolute Gasteiger partial charge is 0.252 e. The summed E-state index contributed by atoms with van der Waals surface area (Å²) in [5.74, 6) is -0.995. The van der Waals surface area contributed by atoms with Gasteiger partial charge in [-0.1, -0.05) is 30.3 Å². The van der Waals surface area contributed by atoms with E-state index in [4.69, 9.17) is 5.73 Å². The van der Waals surface area contributed by atoms with E-state index < -0.39 is 12.1 Å². The molecule has 1 fully saturated rings. The van der Waals surface area contributed by atoms with Crippen LogP contribution in [0.15, 0.2) is 30.3 Å². The number of piperidine rings is 1. The molecular weight excluding hydrogens is 255 g/mol. The second kappa shape index (κ2) is 7.39. The molecule has 1 heterocycles. The van der Waals surface area contributed by atoms with Crippen molar-refractivity contribution >= 4 is 5.91 Å². The Morgan fingerprint density at radius 1 is 1.30 bits per heavy atom. The summed E-state index contributed by atoms with van der Waals surface area (Å²) in [6.45, 7) is 2.77. The molecule has 1 aromatic rings. The van der Waals surface area contributed by atoms with Gasteiger partial charge in [-0.2, -0.15) is 0 Å². The summed E-state index contributed by atoms with van der Waals surface area (Å²) in [6.07, 6.45) is 2.18. The van der Waals surface area contributed by atoms with Crippen LogP contribution in [0.2, 0.25) is 0 Å². The molecule has 110 valence electrons. The van der Waals surface area contributed by atoms with Crippen LogP contribution in [-0.4, -0.2) is 36.6 Å². The van der Waals surface area contributed by atoms with Gasteiger partial charge < -0.3 is 10.6 Å². The maximum absolute atomic E-state index is 13.5. The highest BCUT2D eigenvalue weighted by Gasteiger charge is 2.29. The number of primary amides is 1. The van der Waals surface area contributed by atoms with E-state index in [9.17, 15) is 9.18 Å². The molecule has 0 bridgehead atoms. The van der Waals surface area contributed by atoms with Crippen LogP contribution < -0.4 is 5.73 Å². The minimum absolute atomic E-state index is 0.183. The number of halogens is 1. The van der Waals surface area contributed by atoms with Crippen LogP contribution in [0.5, 0.6) is 0 Å². The van der Waals surface area contributed by atoms with Gasteiger partial charge in [-0.25, -0.2) is 4.39 Å². The van der Waals surface area contributed by atoms with Crippen LogP contribution >= 0.6 is 0 Å². The number of aryl methyl sites for hydroxylation is 1. The van der Waals surface area contributed by atoms with Gasteiger partial charge >= 0.3 is 0 Å². The van der Waals surface area contributed by atoms with E-state index in [-0.39, 0.29) is 5.92 Å². The standard InChI is InChI=1S/C16H23FN2O/c17-15(16(18)20)14-8-11-19(12-9-14)10-4-7-13-5-2-1-3-6-13/h1-3,5-6,14-15H,4,7-12H2,(H2,18,20). The van der Waals surface area contributed by atoms with Crippen LogP contribution in [-0.2, 0) is 11.2 Å². The number of carbonyl (C=O) groups excluding carboxylic acids is 1. The molecule has 0 spiro atoms. The van der Waals surface area contributed by atoms with Crippen molar-refractivity contribution in [2.45, 2.75) is 31.9 Å². The van der Waals surface area contributed by atoms with E-state index in [1.807, 2.05) is 6.07 Å². The van der Waals surface area contributed by atoms with Gasteiger partial charge in [0, 0.05) is 5.92 Å². The van der Waals surface area contributed by atoms with Gasteiger partial charge in [-0.15, -0.1) is 0 Å². The average molecular weight is 278 g/mol. The lowest BCUT2D eigenvalue weighted by Gasteiger charge is -2.32. The summed E-state index contributed by atoms with van der Waals surface area (Å²) in [4.78, 5) is 13.2. The molecule has 1 aliphatic heterocycles. The average Bonchev–Trinajstić information content (AvgIpc) is 2.48. The highest BCUT2D eigenvalue weighted by molar-refractivity contribution is 5.79. The fourth-order valence-electron chi connectivity index (χ4n) is 2.85. The molecule has 4 heteroatoms. The van der Waals surface area contributed by atoms with Gasteiger partial charge in [-0.05, 0) is 50.9 Å². The lowest BCUT2D eigenvalue weighted by molar-refractivity contribution is -0.125. The molecular formula is C16H23FN2O. The van der Waals surface area contributed by atoms with Crippen molar-refractivity contribution in [3.8, 4) is 0 Å². The third kappa shape index (κ3) is 4.30. The highest BCUT2D eigenvalue weighted by Crippen LogP contribution is 2.22. The zero-order valence-corrected chi connectivity index (χ0v) is 11.8. The molecule has 1 aromatic carbocycles. The van der Waals surface area contributed by atoms with Crippen molar-refractivity contribution in [1.82, 2.24) is 4.90 Å². The van der Waals surface area contributed by atoms with Crippen molar-refractivity contribution < 1.29 is 9.18 Å². The minimum Gasteiger partial charge on any atom is -0.367 e. The molecule has 20 heavy (non-hydrogen) atoms. The molecule has 2 rings (SSSR count). The second-order valence-electron chi connectivity index (χ2n) is 5.57. The number of hydrogen-bond donors (Lipinski definition) is 1. The summed E-state index contributed by atoms with van der Waals surface area (Å²) in [7, 11) is 0. The fourth-order valence-corrected chi connectivity index (χ4v) is 2.85. The predicted molar refractivity (Wildman–Crippen MR) is 78.0 cm³/mol. The number of rotatable bonds is 6. The van der Waals surface area contributed by atoms with Crippen LogP contribution in [0.1, 0.15) is 24.8 Å². The molecule has 1 amide bonds. The second-order valence-corrected chi connectivity index (χ2v) is 5.57. The molecule has 1 aliphatic rings. The maximum Gasteiger partial charge on any atom is 0.252 e. The molecule has 2 N–H and O–H groups in total. The van der Waals surface area contributed by atoms with E-state index in [0.29, 0.717) is 0 Å². The Morgan fingerprint density at radius 3 is 2.55 bits per heavy atom. The molecule has 0 aliphatic carbocycles. The Kier molecular flexibility index (Phi) is 5.53. The van der Waals surface area contributed by atoms with Crippen molar-refractivity contribution in [2.24, 2.45) is 11.7 Å². The first-order valence-corrected chi connectivity index (χ1v) is 7.36. The Hall–Kier alpha value is -1.42. The summed E-state index contributed by atoms with van der Waals surface area (Å²) >= 11 is 0. The summed E-state index contributed by atoms with van der Waals surface area (Å²) in [5.41, 5.74) is 6.38. The Morgan fingerprint density at radius 2 is 1.95 bits per heavy atom. The summed E-state index contributed by atoms with van der Waals surface area (Å²) < 4.78 is 13.5. The van der Waals surface area contributed by atoms with Crippen molar-refractivity contribution in [3.63, 3.8) is 0 Å². The first-order valence-electron chi connectivity index (χ1n) is 7.36. The third-order valence-corrected chi connectivity index (χ3v) is 4.10. The number of nitrogens with two attached hydrogens (primary N) is 1. The Labute approximate surface area is 120 Å². The number of alkyl halides is 1. The Bertz CT molecular complexity index is 416. The zero-order chi connectivity index (χ0) is 14.4. The third-order valence-electron chi connectivity index (χ3n) is 4.10. The van der Waals surface area contributed by atoms with Gasteiger partial charge in [0.15, 0.2) is 6.17 Å². The van der Waals surface area contributed by atoms with E-state index in [0.717, 1.165) is 45.3 Å². The SMILES string of the molecule is NC(=O)C(F)C1CCN(CCCc2ccccc2)CC1. The fraction of sp³-hybridized carbons (Fsp3) is 0.562. The van der Waals surface area contributed by atoms with Gasteiger partial charge in [0.1, 0.15) is 0 Å². The molecule has 1 atom stereocenters. The number of nitrogens with zero attached hydrogens (tertiary/aromatic N) is 1. The molecule has 1 unspecified atom stereocenters. The van der Waals surface area contributed by atoms with Gasteiger partial charge in [0.25, 0.3) is 5.91 Å². The van der Waals surface area contributed by atoms with Gasteiger partial charge in [-0.3, -0.25) is 4.79 Å². The number of benzene rings is 1.